The van der Waals surface area contributed by atoms with E-state index in [1.165, 1.54) is 17.6 Å². The number of anilines is 1. The van der Waals surface area contributed by atoms with Gasteiger partial charge in [-0.05, 0) is 24.0 Å². The fourth-order valence-corrected chi connectivity index (χ4v) is 3.51. The number of hydrogen-bond acceptors (Lipinski definition) is 7. The Bertz CT molecular complexity index is 630. The SMILES string of the molecule is CCNc1c(CSc2nc(CC)ns2)cccc1[N+](=O)[O-]. The van der Waals surface area contributed by atoms with Gasteiger partial charge in [-0.2, -0.15) is 4.37 Å². The van der Waals surface area contributed by atoms with E-state index < -0.39 is 0 Å². The molecule has 1 N–H and O–H groups in total. The third kappa shape index (κ3) is 3.92. The first-order valence-electron chi connectivity index (χ1n) is 6.61. The van der Waals surface area contributed by atoms with E-state index in [-0.39, 0.29) is 10.6 Å². The lowest BCUT2D eigenvalue weighted by Crippen LogP contribution is -2.04. The van der Waals surface area contributed by atoms with E-state index in [2.05, 4.69) is 14.7 Å². The summed E-state index contributed by atoms with van der Waals surface area (Å²) in [6.07, 6.45) is 0.816. The highest BCUT2D eigenvalue weighted by Gasteiger charge is 2.17. The quantitative estimate of drug-likeness (QED) is 0.475. The van der Waals surface area contributed by atoms with Gasteiger partial charge in [-0.25, -0.2) is 4.98 Å². The Labute approximate surface area is 131 Å². The number of nitrogens with one attached hydrogen (secondary N) is 1. The molecule has 1 heterocycles. The van der Waals surface area contributed by atoms with Gasteiger partial charge in [0.15, 0.2) is 4.34 Å². The second kappa shape index (κ2) is 7.37. The number of rotatable bonds is 7. The lowest BCUT2D eigenvalue weighted by molar-refractivity contribution is -0.384. The molecule has 0 amide bonds. The molecule has 0 spiro atoms. The van der Waals surface area contributed by atoms with Crippen molar-refractivity contribution in [3.05, 3.63) is 39.7 Å². The molecule has 0 fully saturated rings. The van der Waals surface area contributed by atoms with E-state index >= 15 is 0 Å². The monoisotopic (exact) mass is 324 g/mol. The maximum Gasteiger partial charge on any atom is 0.292 e. The first kappa shape index (κ1) is 15.7. The molecule has 0 aliphatic heterocycles. The molecular formula is C13H16N4O2S2. The molecule has 8 heteroatoms. The predicted molar refractivity (Wildman–Crippen MR) is 86.1 cm³/mol. The summed E-state index contributed by atoms with van der Waals surface area (Å²) < 4.78 is 5.13. The average molecular weight is 324 g/mol. The zero-order valence-corrected chi connectivity index (χ0v) is 13.5. The van der Waals surface area contributed by atoms with Crippen molar-refractivity contribution in [2.45, 2.75) is 30.4 Å². The van der Waals surface area contributed by atoms with Crippen LogP contribution in [-0.4, -0.2) is 20.8 Å². The summed E-state index contributed by atoms with van der Waals surface area (Å²) in [5.41, 5.74) is 1.61. The van der Waals surface area contributed by atoms with Gasteiger partial charge in [-0.3, -0.25) is 10.1 Å². The normalized spacial score (nSPS) is 10.6. The predicted octanol–water partition coefficient (Wildman–Crippen LogP) is 3.73. The van der Waals surface area contributed by atoms with Crippen molar-refractivity contribution >= 4 is 34.7 Å². The number of nitrogens with zero attached hydrogens (tertiary/aromatic N) is 3. The zero-order chi connectivity index (χ0) is 15.2. The second-order valence-electron chi connectivity index (χ2n) is 4.22. The Balaban J connectivity index is 2.18. The van der Waals surface area contributed by atoms with Crippen molar-refractivity contribution in [1.82, 2.24) is 9.36 Å². The van der Waals surface area contributed by atoms with Crippen LogP contribution in [0, 0.1) is 10.1 Å². The highest BCUT2D eigenvalue weighted by molar-refractivity contribution is 8.00. The van der Waals surface area contributed by atoms with Crippen LogP contribution in [0.25, 0.3) is 0 Å². The summed E-state index contributed by atoms with van der Waals surface area (Å²) in [7, 11) is 0. The largest absolute Gasteiger partial charge is 0.380 e. The average Bonchev–Trinajstić information content (AvgIpc) is 2.94. The minimum atomic E-state index is -0.355. The zero-order valence-electron chi connectivity index (χ0n) is 11.8. The van der Waals surface area contributed by atoms with Crippen molar-refractivity contribution in [3.63, 3.8) is 0 Å². The molecule has 0 atom stereocenters. The first-order valence-corrected chi connectivity index (χ1v) is 8.37. The van der Waals surface area contributed by atoms with Gasteiger partial charge >= 0.3 is 0 Å². The van der Waals surface area contributed by atoms with Gasteiger partial charge in [-0.15, -0.1) is 0 Å². The van der Waals surface area contributed by atoms with Crippen LogP contribution < -0.4 is 5.32 Å². The summed E-state index contributed by atoms with van der Waals surface area (Å²) in [5, 5.41) is 14.2. The van der Waals surface area contributed by atoms with Crippen LogP contribution in [0.4, 0.5) is 11.4 Å². The summed E-state index contributed by atoms with van der Waals surface area (Å²) in [4.78, 5) is 15.1. The molecule has 0 aliphatic carbocycles. The van der Waals surface area contributed by atoms with Gasteiger partial charge < -0.3 is 5.32 Å². The Morgan fingerprint density at radius 2 is 2.24 bits per heavy atom. The third-order valence-corrected chi connectivity index (χ3v) is 4.72. The molecule has 0 bridgehead atoms. The van der Waals surface area contributed by atoms with Gasteiger partial charge in [0.25, 0.3) is 5.69 Å². The molecule has 2 aromatic rings. The van der Waals surface area contributed by atoms with Crippen LogP contribution in [-0.2, 0) is 12.2 Å². The minimum Gasteiger partial charge on any atom is -0.380 e. The van der Waals surface area contributed by atoms with Crippen LogP contribution in [0.15, 0.2) is 22.5 Å². The van der Waals surface area contributed by atoms with E-state index in [1.807, 2.05) is 19.9 Å². The van der Waals surface area contributed by atoms with E-state index in [0.717, 1.165) is 22.1 Å². The van der Waals surface area contributed by atoms with Crippen LogP contribution in [0.3, 0.4) is 0 Å². The van der Waals surface area contributed by atoms with Crippen LogP contribution in [0.1, 0.15) is 25.2 Å². The van der Waals surface area contributed by atoms with Crippen molar-refractivity contribution in [2.75, 3.05) is 11.9 Å². The topological polar surface area (TPSA) is 81.0 Å². The number of nitro benzene ring substituents is 1. The summed E-state index contributed by atoms with van der Waals surface area (Å²) in [5.74, 6) is 1.47. The maximum absolute atomic E-state index is 11.1. The number of nitro groups is 1. The van der Waals surface area contributed by atoms with E-state index in [0.29, 0.717) is 18.0 Å². The van der Waals surface area contributed by atoms with Gasteiger partial charge in [0.1, 0.15) is 11.5 Å². The molecule has 0 saturated heterocycles. The smallest absolute Gasteiger partial charge is 0.292 e. The van der Waals surface area contributed by atoms with Crippen molar-refractivity contribution < 1.29 is 4.92 Å². The number of aryl methyl sites for hydroxylation is 1. The molecular weight excluding hydrogens is 308 g/mol. The fraction of sp³-hybridized carbons (Fsp3) is 0.385. The standard InChI is InChI=1S/C13H16N4O2S2/c1-3-11-15-13(21-16-11)20-8-9-6-5-7-10(17(18)19)12(9)14-4-2/h5-7,14H,3-4,8H2,1-2H3. The molecule has 1 aromatic heterocycles. The Kier molecular flexibility index (Phi) is 5.51. The van der Waals surface area contributed by atoms with Gasteiger partial charge in [-0.1, -0.05) is 30.8 Å². The minimum absolute atomic E-state index is 0.112. The summed E-state index contributed by atoms with van der Waals surface area (Å²) >= 11 is 2.92. The van der Waals surface area contributed by atoms with Crippen LogP contribution in [0.5, 0.6) is 0 Å². The number of hydrogen-bond donors (Lipinski definition) is 1. The Hall–Kier alpha value is -1.67. The third-order valence-electron chi connectivity index (χ3n) is 2.80. The molecule has 0 saturated carbocycles. The lowest BCUT2D eigenvalue weighted by atomic mass is 10.1. The number of aromatic nitrogens is 2. The van der Waals surface area contributed by atoms with Crippen molar-refractivity contribution in [3.8, 4) is 0 Å². The second-order valence-corrected chi connectivity index (χ2v) is 6.19. The molecule has 0 aliphatic rings. The van der Waals surface area contributed by atoms with Gasteiger partial charge in [0.2, 0.25) is 0 Å². The fourth-order valence-electron chi connectivity index (χ4n) is 1.82. The Morgan fingerprint density at radius 1 is 1.43 bits per heavy atom. The van der Waals surface area contributed by atoms with E-state index in [9.17, 15) is 10.1 Å². The molecule has 1 aromatic carbocycles. The van der Waals surface area contributed by atoms with Crippen LogP contribution >= 0.6 is 23.3 Å². The molecule has 21 heavy (non-hydrogen) atoms. The van der Waals surface area contributed by atoms with E-state index in [1.54, 1.807) is 17.8 Å². The van der Waals surface area contributed by atoms with Crippen molar-refractivity contribution in [1.29, 1.82) is 0 Å². The highest BCUT2D eigenvalue weighted by atomic mass is 32.2. The van der Waals surface area contributed by atoms with Crippen LogP contribution in [0.2, 0.25) is 0 Å². The maximum atomic E-state index is 11.1. The molecule has 6 nitrogen and oxygen atoms in total. The summed E-state index contributed by atoms with van der Waals surface area (Å²) in [6, 6.07) is 5.14. The number of thioether (sulfide) groups is 1. The molecule has 2 rings (SSSR count). The van der Waals surface area contributed by atoms with Gasteiger partial charge in [0, 0.05) is 24.8 Å². The molecule has 0 unspecified atom stereocenters. The first-order chi connectivity index (χ1) is 10.2. The van der Waals surface area contributed by atoms with E-state index in [4.69, 9.17) is 0 Å². The highest BCUT2D eigenvalue weighted by Crippen LogP contribution is 2.33. The van der Waals surface area contributed by atoms with Crippen molar-refractivity contribution in [2.24, 2.45) is 0 Å². The number of benzene rings is 1. The molecule has 0 radical (unpaired) electrons. The molecule has 112 valence electrons. The lowest BCUT2D eigenvalue weighted by Gasteiger charge is -2.10. The number of para-hydroxylation sites is 1. The van der Waals surface area contributed by atoms with Gasteiger partial charge in [0.05, 0.1) is 4.92 Å². The Morgan fingerprint density at radius 3 is 2.86 bits per heavy atom. The summed E-state index contributed by atoms with van der Waals surface area (Å²) in [6.45, 7) is 4.58.